The van der Waals surface area contributed by atoms with Crippen LogP contribution in [0.25, 0.3) is 0 Å². The van der Waals surface area contributed by atoms with Crippen LogP contribution in [0.4, 0.5) is 0 Å². The van der Waals surface area contributed by atoms with Crippen molar-refractivity contribution in [3.05, 3.63) is 29.2 Å². The molecule has 0 heterocycles. The Bertz CT molecular complexity index is 504. The summed E-state index contributed by atoms with van der Waals surface area (Å²) in [5.74, 6) is 0. The van der Waals surface area contributed by atoms with Crippen molar-refractivity contribution in [2.75, 3.05) is 0 Å². The molecule has 0 aliphatic heterocycles. The van der Waals surface area contributed by atoms with E-state index < -0.39 is 44.2 Å². The molecule has 0 saturated heterocycles. The molecule has 6 heteroatoms. The molecule has 1 rings (SSSR count). The van der Waals surface area contributed by atoms with Crippen LogP contribution in [0.15, 0.2) is 29.1 Å². The molecule has 0 amide bonds. The number of rotatable bonds is 1. The Morgan fingerprint density at radius 3 is 2.08 bits per heavy atom. The molecular formula is C6H4ClNaO3S. The van der Waals surface area contributed by atoms with Gasteiger partial charge in [0.2, 0.25) is 0 Å². The molecule has 1 aromatic rings. The molecule has 0 fully saturated rings. The summed E-state index contributed by atoms with van der Waals surface area (Å²) < 4.78 is 60.8. The monoisotopic (exact) mass is 218 g/mol. The van der Waals surface area contributed by atoms with Crippen molar-refractivity contribution in [3.8, 4) is 0 Å². The molecule has 0 bridgehead atoms. The maximum Gasteiger partial charge on any atom is 1.00 e. The first-order valence-electron chi connectivity index (χ1n) is 4.39. The fourth-order valence-electron chi connectivity index (χ4n) is 0.411. The molecule has 60 valence electrons. The number of halogens is 1. The Labute approximate surface area is 103 Å². The van der Waals surface area contributed by atoms with E-state index in [-0.39, 0.29) is 29.6 Å². The molecule has 0 aliphatic carbocycles. The molecule has 3 nitrogen and oxygen atoms in total. The molecule has 0 N–H and O–H groups in total. The van der Waals surface area contributed by atoms with Gasteiger partial charge in [-0.3, -0.25) is 0 Å². The molecule has 0 radical (unpaired) electrons. The van der Waals surface area contributed by atoms with E-state index in [1.807, 2.05) is 0 Å². The van der Waals surface area contributed by atoms with Crippen LogP contribution in [0.5, 0.6) is 0 Å². The summed E-state index contributed by atoms with van der Waals surface area (Å²) in [4.78, 5) is -1.18. The average molecular weight is 219 g/mol. The summed E-state index contributed by atoms with van der Waals surface area (Å²) in [5, 5.41) is -0.516. The summed E-state index contributed by atoms with van der Waals surface area (Å²) in [5.41, 5.74) is 0. The number of benzene rings is 1. The van der Waals surface area contributed by atoms with E-state index in [0.717, 1.165) is 0 Å². The summed E-state index contributed by atoms with van der Waals surface area (Å²) in [7, 11) is -5.05. The minimum atomic E-state index is -5.05. The Kier molecular flexibility index (Phi) is 2.61. The summed E-state index contributed by atoms with van der Waals surface area (Å²) in [6.07, 6.45) is 0. The van der Waals surface area contributed by atoms with Crippen molar-refractivity contribution in [1.82, 2.24) is 0 Å². The van der Waals surface area contributed by atoms with Gasteiger partial charge in [-0.05, 0) is 24.2 Å². The van der Waals surface area contributed by atoms with Crippen molar-refractivity contribution in [3.63, 3.8) is 0 Å². The van der Waals surface area contributed by atoms with E-state index in [1.165, 1.54) is 0 Å². The molecule has 0 spiro atoms. The van der Waals surface area contributed by atoms with Crippen molar-refractivity contribution < 1.29 is 48.0 Å². The van der Waals surface area contributed by atoms with Gasteiger partial charge in [-0.1, -0.05) is 11.6 Å². The van der Waals surface area contributed by atoms with Gasteiger partial charge >= 0.3 is 29.6 Å². The summed E-state index contributed by atoms with van der Waals surface area (Å²) in [6.45, 7) is 0. The third-order valence-corrected chi connectivity index (χ3v) is 1.71. The first kappa shape index (κ1) is 6.81. The second-order valence-corrected chi connectivity index (χ2v) is 3.29. The average Bonchev–Trinajstić information content (AvgIpc) is 2.09. The van der Waals surface area contributed by atoms with Crippen LogP contribution in [-0.2, 0) is 10.1 Å². The second-order valence-electron chi connectivity index (χ2n) is 1.60. The van der Waals surface area contributed by atoms with Crippen LogP contribution in [0.3, 0.4) is 0 Å². The number of hydrogen-bond donors (Lipinski definition) is 0. The van der Waals surface area contributed by atoms with E-state index in [1.54, 1.807) is 0 Å². The molecule has 1 aromatic carbocycles. The summed E-state index contributed by atoms with van der Waals surface area (Å²) >= 11 is 5.40. The second kappa shape index (κ2) is 4.60. The molecule has 12 heavy (non-hydrogen) atoms. The normalized spacial score (nSPS) is 15.2. The first-order valence-corrected chi connectivity index (χ1v) is 4.18. The predicted octanol–water partition coefficient (Wildman–Crippen LogP) is -1.75. The van der Waals surface area contributed by atoms with Crippen LogP contribution in [-0.4, -0.2) is 13.0 Å². The Morgan fingerprint density at radius 2 is 1.75 bits per heavy atom. The van der Waals surface area contributed by atoms with Gasteiger partial charge in [-0.25, -0.2) is 8.42 Å². The first-order chi connectivity index (χ1) is 6.68. The van der Waals surface area contributed by atoms with Crippen molar-refractivity contribution in [1.29, 1.82) is 0 Å². The summed E-state index contributed by atoms with van der Waals surface area (Å²) in [6, 6.07) is -3.38. The van der Waals surface area contributed by atoms with Crippen molar-refractivity contribution >= 4 is 21.7 Å². The SMILES string of the molecule is [2H]c1c([2H])c(S(=O)(=O)[O-])c([2H])c([2H])c1Cl.[Na+]. The maximum absolute atomic E-state index is 10.7. The van der Waals surface area contributed by atoms with Gasteiger partial charge in [0.1, 0.15) is 10.1 Å². The van der Waals surface area contributed by atoms with E-state index in [0.29, 0.717) is 0 Å². The van der Waals surface area contributed by atoms with Gasteiger partial charge < -0.3 is 4.55 Å². The third kappa shape index (κ3) is 3.43. The molecule has 0 atom stereocenters. The minimum absolute atomic E-state index is 0. The molecule has 0 aromatic heterocycles. The van der Waals surface area contributed by atoms with Crippen LogP contribution >= 0.6 is 11.6 Å². The zero-order valence-electron chi connectivity index (χ0n) is 10.0. The van der Waals surface area contributed by atoms with Gasteiger partial charge in [0, 0.05) is 5.02 Å². The zero-order valence-corrected chi connectivity index (χ0v) is 9.58. The van der Waals surface area contributed by atoms with Crippen LogP contribution in [0.1, 0.15) is 5.48 Å². The quantitative estimate of drug-likeness (QED) is 0.415. The van der Waals surface area contributed by atoms with Crippen LogP contribution in [0.2, 0.25) is 5.02 Å². The smallest absolute Gasteiger partial charge is 0.744 e. The van der Waals surface area contributed by atoms with Crippen molar-refractivity contribution in [2.24, 2.45) is 0 Å². The van der Waals surface area contributed by atoms with Gasteiger partial charge in [0.05, 0.1) is 10.4 Å². The van der Waals surface area contributed by atoms with E-state index >= 15 is 0 Å². The topological polar surface area (TPSA) is 57.2 Å². The van der Waals surface area contributed by atoms with E-state index in [2.05, 4.69) is 0 Å². The van der Waals surface area contributed by atoms with E-state index in [9.17, 15) is 13.0 Å². The number of hydrogen-bond acceptors (Lipinski definition) is 3. The van der Waals surface area contributed by atoms with E-state index in [4.69, 9.17) is 17.1 Å². The molecule has 0 saturated carbocycles. The fraction of sp³-hybridized carbons (Fsp3) is 0. The molecule has 0 unspecified atom stereocenters. The largest absolute Gasteiger partial charge is 1.00 e. The van der Waals surface area contributed by atoms with Gasteiger partial charge in [-0.15, -0.1) is 0 Å². The Morgan fingerprint density at radius 1 is 1.33 bits per heavy atom. The zero-order chi connectivity index (χ0) is 12.0. The molecular weight excluding hydrogens is 211 g/mol. The maximum atomic E-state index is 10.7. The Hall–Kier alpha value is 0.420. The standard InChI is InChI=1S/C6H5ClO3S.Na/c7-5-1-3-6(4-2-5)11(8,9)10;/h1-4H,(H,8,9,10);/q;+1/p-1/i1D,2D,3D,4D;. The van der Waals surface area contributed by atoms with Crippen LogP contribution in [0, 0.1) is 0 Å². The van der Waals surface area contributed by atoms with Gasteiger partial charge in [0.25, 0.3) is 0 Å². The minimum Gasteiger partial charge on any atom is -0.744 e. The van der Waals surface area contributed by atoms with Crippen molar-refractivity contribution in [2.45, 2.75) is 4.90 Å². The fourth-order valence-corrected chi connectivity index (χ4v) is 0.857. The Balaban J connectivity index is 0.00000225. The molecule has 0 aliphatic rings. The van der Waals surface area contributed by atoms with Gasteiger partial charge in [0.15, 0.2) is 0 Å². The van der Waals surface area contributed by atoms with Crippen LogP contribution < -0.4 is 29.6 Å². The predicted molar refractivity (Wildman–Crippen MR) is 39.4 cm³/mol. The third-order valence-electron chi connectivity index (χ3n) is 0.822. The van der Waals surface area contributed by atoms with Gasteiger partial charge in [-0.2, -0.15) is 0 Å².